The Morgan fingerprint density at radius 3 is 2.37 bits per heavy atom. The van der Waals surface area contributed by atoms with Gasteiger partial charge in [0.15, 0.2) is 5.96 Å². The van der Waals surface area contributed by atoms with Crippen molar-refractivity contribution >= 4 is 5.96 Å². The van der Waals surface area contributed by atoms with Gasteiger partial charge in [0.2, 0.25) is 0 Å². The van der Waals surface area contributed by atoms with Crippen LogP contribution in [-0.4, -0.2) is 58.9 Å². The zero-order valence-corrected chi connectivity index (χ0v) is 18.0. The van der Waals surface area contributed by atoms with Gasteiger partial charge in [-0.1, -0.05) is 12.1 Å². The van der Waals surface area contributed by atoms with E-state index in [-0.39, 0.29) is 11.9 Å². The van der Waals surface area contributed by atoms with E-state index >= 15 is 0 Å². The number of nitrogens with zero attached hydrogens (tertiary/aromatic N) is 2. The molecule has 0 aromatic heterocycles. The molecule has 0 saturated carbocycles. The summed E-state index contributed by atoms with van der Waals surface area (Å²) in [5.41, 5.74) is 2.12. The van der Waals surface area contributed by atoms with Gasteiger partial charge in [0, 0.05) is 45.8 Å². The van der Waals surface area contributed by atoms with E-state index in [2.05, 4.69) is 27.3 Å². The monoisotopic (exact) mass is 415 g/mol. The summed E-state index contributed by atoms with van der Waals surface area (Å²) in [6.07, 6.45) is 0.825. The molecule has 0 radical (unpaired) electrons. The van der Waals surface area contributed by atoms with Gasteiger partial charge in [-0.2, -0.15) is 0 Å². The lowest BCUT2D eigenvalue weighted by Gasteiger charge is -2.24. The number of likely N-dealkylation sites (tertiary alicyclic amines) is 1. The smallest absolute Gasteiger partial charge is 0.193 e. The molecular formula is C23H30FN3O3. The van der Waals surface area contributed by atoms with Crippen LogP contribution in [0, 0.1) is 5.82 Å². The first kappa shape index (κ1) is 21.9. The summed E-state index contributed by atoms with van der Waals surface area (Å²) in [5.74, 6) is 2.54. The fourth-order valence-electron chi connectivity index (χ4n) is 3.82. The van der Waals surface area contributed by atoms with Crippen LogP contribution >= 0.6 is 0 Å². The van der Waals surface area contributed by atoms with Crippen LogP contribution in [0.1, 0.15) is 29.6 Å². The molecule has 1 heterocycles. The third-order valence-electron chi connectivity index (χ3n) is 5.52. The third-order valence-corrected chi connectivity index (χ3v) is 5.52. The Kier molecular flexibility index (Phi) is 7.52. The molecule has 6 nitrogen and oxygen atoms in total. The molecule has 1 aliphatic heterocycles. The summed E-state index contributed by atoms with van der Waals surface area (Å²) in [7, 11) is 6.77. The van der Waals surface area contributed by atoms with Gasteiger partial charge >= 0.3 is 0 Å². The van der Waals surface area contributed by atoms with Gasteiger partial charge in [-0.15, -0.1) is 0 Å². The first-order valence-electron chi connectivity index (χ1n) is 10.0. The van der Waals surface area contributed by atoms with Crippen molar-refractivity contribution in [2.75, 3.05) is 48.0 Å². The zero-order chi connectivity index (χ0) is 21.5. The number of benzene rings is 2. The molecule has 30 heavy (non-hydrogen) atoms. The summed E-state index contributed by atoms with van der Waals surface area (Å²) in [6, 6.07) is 12.4. The number of aliphatic imine (C=N–C) groups is 1. The Morgan fingerprint density at radius 1 is 1.13 bits per heavy atom. The minimum Gasteiger partial charge on any atom is -0.497 e. The molecule has 3 rings (SSSR count). The Balaban J connectivity index is 1.63. The van der Waals surface area contributed by atoms with E-state index < -0.39 is 0 Å². The fraction of sp³-hybridized carbons (Fsp3) is 0.435. The fourth-order valence-corrected chi connectivity index (χ4v) is 3.82. The van der Waals surface area contributed by atoms with Crippen molar-refractivity contribution < 1.29 is 18.6 Å². The molecular weight excluding hydrogens is 385 g/mol. The van der Waals surface area contributed by atoms with Gasteiger partial charge in [0.05, 0.1) is 20.3 Å². The molecule has 2 atom stereocenters. The van der Waals surface area contributed by atoms with Crippen molar-refractivity contribution in [1.29, 1.82) is 0 Å². The zero-order valence-electron chi connectivity index (χ0n) is 18.0. The minimum atomic E-state index is -0.255. The molecule has 1 saturated heterocycles. The number of hydrogen-bond donors (Lipinski definition) is 1. The molecule has 7 heteroatoms. The topological polar surface area (TPSA) is 55.3 Å². The van der Waals surface area contributed by atoms with Crippen LogP contribution in [0.4, 0.5) is 4.39 Å². The van der Waals surface area contributed by atoms with Crippen LogP contribution in [0.15, 0.2) is 47.5 Å². The summed E-state index contributed by atoms with van der Waals surface area (Å²) in [5, 5.41) is 3.40. The Morgan fingerprint density at radius 2 is 1.80 bits per heavy atom. The number of hydrogen-bond acceptors (Lipinski definition) is 4. The van der Waals surface area contributed by atoms with Crippen LogP contribution in [0.3, 0.4) is 0 Å². The van der Waals surface area contributed by atoms with Gasteiger partial charge in [0.25, 0.3) is 0 Å². The van der Waals surface area contributed by atoms with Crippen molar-refractivity contribution in [3.8, 4) is 11.5 Å². The van der Waals surface area contributed by atoms with E-state index in [0.717, 1.165) is 42.5 Å². The van der Waals surface area contributed by atoms with E-state index in [1.807, 2.05) is 6.07 Å². The second-order valence-electron chi connectivity index (χ2n) is 7.28. The van der Waals surface area contributed by atoms with Gasteiger partial charge in [0.1, 0.15) is 17.3 Å². The van der Waals surface area contributed by atoms with Crippen LogP contribution < -0.4 is 14.8 Å². The highest BCUT2D eigenvalue weighted by Gasteiger charge is 2.27. The molecule has 1 fully saturated rings. The number of halogens is 1. The van der Waals surface area contributed by atoms with Crippen LogP contribution in [0.2, 0.25) is 0 Å². The second kappa shape index (κ2) is 10.3. The Hall–Kier alpha value is -2.80. The maximum atomic E-state index is 13.2. The molecule has 0 bridgehead atoms. The molecule has 1 N–H and O–H groups in total. The van der Waals surface area contributed by atoms with Crippen molar-refractivity contribution in [2.24, 2.45) is 4.99 Å². The van der Waals surface area contributed by atoms with Gasteiger partial charge in [-0.3, -0.25) is 4.99 Å². The lowest BCUT2D eigenvalue weighted by atomic mass is 9.98. The SMILES string of the molecule is CN=C(NCC(OC)c1ccc(F)cc1)N1CCC(c2cc(OC)cc(OC)c2)C1. The van der Waals surface area contributed by atoms with Crippen molar-refractivity contribution in [3.63, 3.8) is 0 Å². The average Bonchev–Trinajstić information content (AvgIpc) is 3.27. The highest BCUT2D eigenvalue weighted by Crippen LogP contribution is 2.33. The standard InChI is InChI=1S/C23H30FN3O3/c1-25-23(26-14-22(30-4)16-5-7-19(24)8-6-16)27-10-9-17(15-27)18-11-20(28-2)13-21(12-18)29-3/h5-8,11-13,17,22H,9-10,14-15H2,1-4H3,(H,25,26). The van der Waals surface area contributed by atoms with E-state index in [9.17, 15) is 4.39 Å². The Labute approximate surface area is 177 Å². The number of nitrogens with one attached hydrogen (secondary N) is 1. The van der Waals surface area contributed by atoms with Gasteiger partial charge in [-0.25, -0.2) is 4.39 Å². The number of methoxy groups -OCH3 is 3. The minimum absolute atomic E-state index is 0.191. The molecule has 0 amide bonds. The maximum absolute atomic E-state index is 13.2. The largest absolute Gasteiger partial charge is 0.497 e. The molecule has 2 aromatic carbocycles. The molecule has 1 aliphatic rings. The lowest BCUT2D eigenvalue weighted by molar-refractivity contribution is 0.106. The summed E-state index contributed by atoms with van der Waals surface area (Å²) in [6.45, 7) is 2.30. The van der Waals surface area contributed by atoms with E-state index in [0.29, 0.717) is 12.5 Å². The first-order valence-corrected chi connectivity index (χ1v) is 10.0. The van der Waals surface area contributed by atoms with Gasteiger partial charge in [-0.05, 0) is 41.8 Å². The van der Waals surface area contributed by atoms with E-state index in [4.69, 9.17) is 14.2 Å². The summed E-state index contributed by atoms with van der Waals surface area (Å²) >= 11 is 0. The number of ether oxygens (including phenoxy) is 3. The normalized spacial score (nSPS) is 17.7. The molecule has 2 unspecified atom stereocenters. The Bertz CT molecular complexity index is 835. The maximum Gasteiger partial charge on any atom is 0.193 e. The van der Waals surface area contributed by atoms with E-state index in [1.165, 1.54) is 17.7 Å². The summed E-state index contributed by atoms with van der Waals surface area (Å²) < 4.78 is 29.6. The van der Waals surface area contributed by atoms with Crippen molar-refractivity contribution in [1.82, 2.24) is 10.2 Å². The van der Waals surface area contributed by atoms with E-state index in [1.54, 1.807) is 40.5 Å². The highest BCUT2D eigenvalue weighted by molar-refractivity contribution is 5.80. The highest BCUT2D eigenvalue weighted by atomic mass is 19.1. The first-order chi connectivity index (χ1) is 14.6. The third kappa shape index (κ3) is 5.21. The number of rotatable bonds is 7. The van der Waals surface area contributed by atoms with Gasteiger partial charge < -0.3 is 24.4 Å². The molecule has 0 spiro atoms. The van der Waals surface area contributed by atoms with Crippen LogP contribution in [0.5, 0.6) is 11.5 Å². The summed E-state index contributed by atoms with van der Waals surface area (Å²) in [4.78, 5) is 6.69. The predicted octanol–water partition coefficient (Wildman–Crippen LogP) is 3.60. The number of guanidine groups is 1. The molecule has 2 aromatic rings. The molecule has 162 valence electrons. The lowest BCUT2D eigenvalue weighted by Crippen LogP contribution is -2.41. The predicted molar refractivity (Wildman–Crippen MR) is 116 cm³/mol. The van der Waals surface area contributed by atoms with Crippen molar-refractivity contribution in [2.45, 2.75) is 18.4 Å². The second-order valence-corrected chi connectivity index (χ2v) is 7.28. The van der Waals surface area contributed by atoms with Crippen LogP contribution in [-0.2, 0) is 4.74 Å². The average molecular weight is 416 g/mol. The quantitative estimate of drug-likeness (QED) is 0.553. The van der Waals surface area contributed by atoms with Crippen LogP contribution in [0.25, 0.3) is 0 Å². The van der Waals surface area contributed by atoms with Crippen molar-refractivity contribution in [3.05, 3.63) is 59.4 Å². The molecule has 0 aliphatic carbocycles.